The Labute approximate surface area is 141 Å². The first-order valence-corrected chi connectivity index (χ1v) is 8.56. The summed E-state index contributed by atoms with van der Waals surface area (Å²) in [5.41, 5.74) is 1.09. The molecule has 0 radical (unpaired) electrons. The van der Waals surface area contributed by atoms with E-state index in [1.165, 1.54) is 0 Å². The predicted molar refractivity (Wildman–Crippen MR) is 91.3 cm³/mol. The van der Waals surface area contributed by atoms with Gasteiger partial charge in [-0.1, -0.05) is 42.8 Å². The third-order valence-electron chi connectivity index (χ3n) is 4.84. The smallest absolute Gasteiger partial charge is 0.315 e. The lowest BCUT2D eigenvalue weighted by Gasteiger charge is -2.21. The lowest BCUT2D eigenvalue weighted by atomic mass is 10.0. The van der Waals surface area contributed by atoms with Crippen LogP contribution >= 0.6 is 11.6 Å². The molecule has 0 aromatic heterocycles. The molecule has 0 heterocycles. The van der Waals surface area contributed by atoms with E-state index in [2.05, 4.69) is 17.6 Å². The molecular weight excluding hydrogens is 312 g/mol. The van der Waals surface area contributed by atoms with Gasteiger partial charge in [0.15, 0.2) is 0 Å². The number of aliphatic hydroxyl groups is 1. The molecule has 3 N–H and O–H groups in total. The molecule has 0 bridgehead atoms. The summed E-state index contributed by atoms with van der Waals surface area (Å²) in [6.07, 6.45) is 5.81. The van der Waals surface area contributed by atoms with Gasteiger partial charge in [0.1, 0.15) is 0 Å². The van der Waals surface area contributed by atoms with E-state index in [0.29, 0.717) is 16.9 Å². The van der Waals surface area contributed by atoms with E-state index >= 15 is 0 Å². The molecule has 1 aromatic rings. The van der Waals surface area contributed by atoms with Crippen LogP contribution in [0.15, 0.2) is 36.4 Å². The van der Waals surface area contributed by atoms with Crippen LogP contribution in [0.4, 0.5) is 4.79 Å². The predicted octanol–water partition coefficient (Wildman–Crippen LogP) is 3.27. The molecule has 1 aromatic carbocycles. The fourth-order valence-corrected chi connectivity index (χ4v) is 3.42. The molecule has 5 heteroatoms. The van der Waals surface area contributed by atoms with Crippen molar-refractivity contribution in [2.45, 2.75) is 31.8 Å². The molecule has 0 aliphatic heterocycles. The van der Waals surface area contributed by atoms with E-state index in [-0.39, 0.29) is 30.6 Å². The second-order valence-corrected chi connectivity index (χ2v) is 7.13. The Kier molecular flexibility index (Phi) is 4.93. The van der Waals surface area contributed by atoms with Crippen LogP contribution in [0.25, 0.3) is 0 Å². The summed E-state index contributed by atoms with van der Waals surface area (Å²) in [7, 11) is 0. The zero-order chi connectivity index (χ0) is 16.4. The van der Waals surface area contributed by atoms with Crippen molar-refractivity contribution in [3.8, 4) is 0 Å². The maximum Gasteiger partial charge on any atom is 0.315 e. The molecule has 23 heavy (non-hydrogen) atoms. The van der Waals surface area contributed by atoms with E-state index < -0.39 is 0 Å². The maximum absolute atomic E-state index is 12.3. The fraction of sp³-hybridized carbons (Fsp3) is 0.500. The van der Waals surface area contributed by atoms with Crippen LogP contribution in [0.5, 0.6) is 0 Å². The number of rotatable bonds is 5. The summed E-state index contributed by atoms with van der Waals surface area (Å²) in [6, 6.07) is 7.54. The Hall–Kier alpha value is -1.52. The van der Waals surface area contributed by atoms with Gasteiger partial charge in [0.2, 0.25) is 0 Å². The summed E-state index contributed by atoms with van der Waals surface area (Å²) in [6.45, 7) is 2.34. The Morgan fingerprint density at radius 2 is 2.00 bits per heavy atom. The number of hydrogen-bond donors (Lipinski definition) is 3. The minimum atomic E-state index is -0.155. The minimum absolute atomic E-state index is 0.00496. The van der Waals surface area contributed by atoms with Gasteiger partial charge in [0.25, 0.3) is 0 Å². The molecule has 2 aliphatic rings. The second kappa shape index (κ2) is 6.93. The van der Waals surface area contributed by atoms with Gasteiger partial charge in [-0.15, -0.1) is 0 Å². The summed E-state index contributed by atoms with van der Waals surface area (Å²) < 4.78 is 0. The SMILES string of the molecule is CC1CC1C(NC(=O)N[C@@H]1C=C[C@H](CO)C1)c1ccc(Cl)cc1. The summed E-state index contributed by atoms with van der Waals surface area (Å²) in [5.74, 6) is 1.25. The van der Waals surface area contributed by atoms with E-state index in [0.717, 1.165) is 18.4 Å². The van der Waals surface area contributed by atoms with Crippen molar-refractivity contribution in [2.75, 3.05) is 6.61 Å². The average molecular weight is 335 g/mol. The normalized spacial score (nSPS) is 30.0. The fourth-order valence-electron chi connectivity index (χ4n) is 3.29. The third-order valence-corrected chi connectivity index (χ3v) is 5.09. The van der Waals surface area contributed by atoms with Gasteiger partial charge in [0, 0.05) is 23.6 Å². The highest BCUT2D eigenvalue weighted by atomic mass is 35.5. The van der Waals surface area contributed by atoms with Gasteiger partial charge in [-0.3, -0.25) is 0 Å². The molecule has 0 saturated heterocycles. The van der Waals surface area contributed by atoms with Crippen LogP contribution in [-0.2, 0) is 0 Å². The van der Waals surface area contributed by atoms with Crippen molar-refractivity contribution in [1.82, 2.24) is 10.6 Å². The number of benzene rings is 1. The van der Waals surface area contributed by atoms with Gasteiger partial charge >= 0.3 is 6.03 Å². The van der Waals surface area contributed by atoms with Crippen LogP contribution < -0.4 is 10.6 Å². The Morgan fingerprint density at radius 1 is 1.30 bits per heavy atom. The van der Waals surface area contributed by atoms with Gasteiger partial charge in [0.05, 0.1) is 6.04 Å². The lowest BCUT2D eigenvalue weighted by Crippen LogP contribution is -2.43. The van der Waals surface area contributed by atoms with E-state index in [4.69, 9.17) is 16.7 Å². The monoisotopic (exact) mass is 334 g/mol. The number of aliphatic hydroxyl groups excluding tert-OH is 1. The molecule has 5 atom stereocenters. The number of carbonyl (C=O) groups is 1. The number of halogens is 1. The molecule has 1 fully saturated rings. The highest BCUT2D eigenvalue weighted by molar-refractivity contribution is 6.30. The van der Waals surface area contributed by atoms with E-state index in [1.54, 1.807) is 0 Å². The number of urea groups is 1. The highest BCUT2D eigenvalue weighted by Crippen LogP contribution is 2.47. The van der Waals surface area contributed by atoms with Crippen LogP contribution in [-0.4, -0.2) is 23.8 Å². The standard InChI is InChI=1S/C18H23ClN2O2/c1-11-8-16(11)17(13-3-5-14(19)6-4-13)21-18(23)20-15-7-2-12(9-15)10-22/h2-7,11-12,15-17,22H,8-10H2,1H3,(H2,20,21,23)/t11?,12-,15+,16?,17?/m0/s1. The maximum atomic E-state index is 12.3. The van der Waals surface area contributed by atoms with Crippen LogP contribution in [0.2, 0.25) is 5.02 Å². The molecule has 2 amide bonds. The van der Waals surface area contributed by atoms with Crippen LogP contribution in [0.3, 0.4) is 0 Å². The average Bonchev–Trinajstić information content (AvgIpc) is 3.07. The third kappa shape index (κ3) is 4.06. The number of amides is 2. The molecule has 3 unspecified atom stereocenters. The molecule has 0 spiro atoms. The first-order valence-electron chi connectivity index (χ1n) is 8.18. The van der Waals surface area contributed by atoms with Crippen molar-refractivity contribution < 1.29 is 9.90 Å². The highest BCUT2D eigenvalue weighted by Gasteiger charge is 2.41. The van der Waals surface area contributed by atoms with Crippen molar-refractivity contribution in [3.63, 3.8) is 0 Å². The molecule has 1 saturated carbocycles. The van der Waals surface area contributed by atoms with Gasteiger partial charge in [-0.25, -0.2) is 4.79 Å². The topological polar surface area (TPSA) is 61.4 Å². The minimum Gasteiger partial charge on any atom is -0.396 e. The zero-order valence-corrected chi connectivity index (χ0v) is 14.0. The van der Waals surface area contributed by atoms with Crippen LogP contribution in [0.1, 0.15) is 31.4 Å². The van der Waals surface area contributed by atoms with Crippen molar-refractivity contribution in [2.24, 2.45) is 17.8 Å². The van der Waals surface area contributed by atoms with E-state index in [1.807, 2.05) is 36.4 Å². The Morgan fingerprint density at radius 3 is 2.57 bits per heavy atom. The lowest BCUT2D eigenvalue weighted by molar-refractivity contribution is 0.227. The van der Waals surface area contributed by atoms with Gasteiger partial charge in [-0.05, 0) is 42.4 Å². The Balaban J connectivity index is 1.61. The molecular formula is C18H23ClN2O2. The second-order valence-electron chi connectivity index (χ2n) is 6.69. The van der Waals surface area contributed by atoms with Crippen LogP contribution in [0, 0.1) is 17.8 Å². The summed E-state index contributed by atoms with van der Waals surface area (Å²) >= 11 is 5.96. The van der Waals surface area contributed by atoms with Gasteiger partial charge in [-0.2, -0.15) is 0 Å². The quantitative estimate of drug-likeness (QED) is 0.724. The molecule has 2 aliphatic carbocycles. The number of hydrogen-bond acceptors (Lipinski definition) is 2. The molecule has 124 valence electrons. The first-order chi connectivity index (χ1) is 11.1. The largest absolute Gasteiger partial charge is 0.396 e. The summed E-state index contributed by atoms with van der Waals surface area (Å²) in [5, 5.41) is 15.9. The molecule has 4 nitrogen and oxygen atoms in total. The summed E-state index contributed by atoms with van der Waals surface area (Å²) in [4.78, 5) is 12.3. The molecule has 3 rings (SSSR count). The number of nitrogens with one attached hydrogen (secondary N) is 2. The van der Waals surface area contributed by atoms with Crippen molar-refractivity contribution in [1.29, 1.82) is 0 Å². The van der Waals surface area contributed by atoms with Crippen molar-refractivity contribution in [3.05, 3.63) is 47.0 Å². The van der Waals surface area contributed by atoms with E-state index in [9.17, 15) is 4.79 Å². The van der Waals surface area contributed by atoms with Crippen molar-refractivity contribution >= 4 is 17.6 Å². The zero-order valence-electron chi connectivity index (χ0n) is 13.2. The Bertz CT molecular complexity index is 587. The first kappa shape index (κ1) is 16.3. The van der Waals surface area contributed by atoms with Gasteiger partial charge < -0.3 is 15.7 Å². The number of carbonyl (C=O) groups excluding carboxylic acids is 1.